The normalized spacial score (nSPS) is 13.9. The molecule has 0 aliphatic rings. The molecule has 3 heteroatoms. The molecule has 1 unspecified atom stereocenters. The molecule has 1 N–H and O–H groups in total. The Morgan fingerprint density at radius 1 is 1.26 bits per heavy atom. The predicted octanol–water partition coefficient (Wildman–Crippen LogP) is 4.68. The van der Waals surface area contributed by atoms with E-state index in [-0.39, 0.29) is 16.4 Å². The molecule has 0 saturated carbocycles. The van der Waals surface area contributed by atoms with Crippen LogP contribution in [-0.2, 0) is 6.42 Å². The molecule has 0 amide bonds. The number of benzene rings is 1. The molecule has 0 aliphatic heterocycles. The van der Waals surface area contributed by atoms with Gasteiger partial charge in [-0.3, -0.25) is 0 Å². The summed E-state index contributed by atoms with van der Waals surface area (Å²) in [5.41, 5.74) is 0.995. The van der Waals surface area contributed by atoms with Crippen LogP contribution >= 0.6 is 11.6 Å². The van der Waals surface area contributed by atoms with E-state index in [0.29, 0.717) is 11.8 Å². The molecule has 0 bridgehead atoms. The topological polar surface area (TPSA) is 12.0 Å². The van der Waals surface area contributed by atoms with Gasteiger partial charge in [0.1, 0.15) is 5.82 Å². The van der Waals surface area contributed by atoms with Gasteiger partial charge in [-0.05, 0) is 57.2 Å². The third kappa shape index (κ3) is 5.50. The molecule has 108 valence electrons. The molecule has 1 aromatic carbocycles. The lowest BCUT2D eigenvalue weighted by molar-refractivity contribution is 0.312. The number of nitrogens with one attached hydrogen (secondary N) is 1. The Morgan fingerprint density at radius 3 is 2.42 bits per heavy atom. The first kappa shape index (κ1) is 16.5. The monoisotopic (exact) mass is 285 g/mol. The molecule has 0 fully saturated rings. The molecule has 1 nitrogen and oxygen atoms in total. The highest BCUT2D eigenvalue weighted by atomic mass is 35.5. The van der Waals surface area contributed by atoms with E-state index in [0.717, 1.165) is 18.5 Å². The van der Waals surface area contributed by atoms with Crippen molar-refractivity contribution in [2.75, 3.05) is 6.54 Å². The second-order valence-corrected chi connectivity index (χ2v) is 6.93. The van der Waals surface area contributed by atoms with Crippen molar-refractivity contribution < 1.29 is 4.39 Å². The Labute approximate surface area is 121 Å². The van der Waals surface area contributed by atoms with Gasteiger partial charge >= 0.3 is 0 Å². The average Bonchev–Trinajstić information content (AvgIpc) is 2.28. The van der Waals surface area contributed by atoms with Gasteiger partial charge in [0.25, 0.3) is 0 Å². The van der Waals surface area contributed by atoms with Crippen molar-refractivity contribution in [3.63, 3.8) is 0 Å². The summed E-state index contributed by atoms with van der Waals surface area (Å²) in [5, 5.41) is 3.79. The van der Waals surface area contributed by atoms with Crippen molar-refractivity contribution in [2.24, 2.45) is 11.8 Å². The van der Waals surface area contributed by atoms with Crippen LogP contribution < -0.4 is 5.32 Å². The van der Waals surface area contributed by atoms with E-state index in [9.17, 15) is 4.39 Å². The van der Waals surface area contributed by atoms with Crippen LogP contribution in [-0.4, -0.2) is 12.1 Å². The van der Waals surface area contributed by atoms with Gasteiger partial charge in [0.15, 0.2) is 0 Å². The minimum absolute atomic E-state index is 0.0961. The van der Waals surface area contributed by atoms with E-state index in [1.54, 1.807) is 6.07 Å². The van der Waals surface area contributed by atoms with Crippen LogP contribution in [0.15, 0.2) is 18.2 Å². The minimum Gasteiger partial charge on any atom is -0.312 e. The highest BCUT2D eigenvalue weighted by Gasteiger charge is 2.19. The standard InChI is InChI=1S/C16H25ClFN/c1-11(2)13(10-19-16(3,4)5)9-12-7-6-8-14(18)15(12)17/h6-8,11,13,19H,9-10H2,1-5H3. The van der Waals surface area contributed by atoms with Gasteiger partial charge in [0.2, 0.25) is 0 Å². The predicted molar refractivity (Wildman–Crippen MR) is 81.2 cm³/mol. The van der Waals surface area contributed by atoms with E-state index in [4.69, 9.17) is 11.6 Å². The minimum atomic E-state index is -0.328. The van der Waals surface area contributed by atoms with Gasteiger partial charge in [-0.25, -0.2) is 4.39 Å². The van der Waals surface area contributed by atoms with Gasteiger partial charge in [-0.1, -0.05) is 37.6 Å². The highest BCUT2D eigenvalue weighted by molar-refractivity contribution is 6.31. The maximum absolute atomic E-state index is 13.5. The Hall–Kier alpha value is -0.600. The third-order valence-electron chi connectivity index (χ3n) is 3.35. The van der Waals surface area contributed by atoms with Crippen molar-refractivity contribution in [2.45, 2.75) is 46.6 Å². The molecular formula is C16H25ClFN. The number of rotatable bonds is 5. The third-order valence-corrected chi connectivity index (χ3v) is 3.77. The fraction of sp³-hybridized carbons (Fsp3) is 0.625. The molecular weight excluding hydrogens is 261 g/mol. The maximum atomic E-state index is 13.5. The summed E-state index contributed by atoms with van der Waals surface area (Å²) in [5.74, 6) is 0.637. The lowest BCUT2D eigenvalue weighted by atomic mass is 9.88. The molecule has 1 rings (SSSR count). The first-order valence-electron chi connectivity index (χ1n) is 6.88. The molecule has 0 saturated heterocycles. The Balaban J connectivity index is 2.76. The first-order chi connectivity index (χ1) is 8.70. The molecule has 0 spiro atoms. The zero-order valence-corrected chi connectivity index (χ0v) is 13.3. The van der Waals surface area contributed by atoms with E-state index >= 15 is 0 Å². The smallest absolute Gasteiger partial charge is 0.142 e. The zero-order valence-electron chi connectivity index (χ0n) is 12.6. The van der Waals surface area contributed by atoms with Crippen LogP contribution in [0.1, 0.15) is 40.2 Å². The largest absolute Gasteiger partial charge is 0.312 e. The molecule has 19 heavy (non-hydrogen) atoms. The zero-order chi connectivity index (χ0) is 14.6. The van der Waals surface area contributed by atoms with Gasteiger partial charge in [0, 0.05) is 5.54 Å². The summed E-state index contributed by atoms with van der Waals surface area (Å²) < 4.78 is 13.5. The van der Waals surface area contributed by atoms with Crippen molar-refractivity contribution in [1.82, 2.24) is 5.32 Å². The Kier molecular flexibility index (Phi) is 5.82. The van der Waals surface area contributed by atoms with Crippen LogP contribution in [0.25, 0.3) is 0 Å². The van der Waals surface area contributed by atoms with Gasteiger partial charge in [-0.15, -0.1) is 0 Å². The van der Waals surface area contributed by atoms with E-state index in [1.165, 1.54) is 6.07 Å². The van der Waals surface area contributed by atoms with E-state index in [2.05, 4.69) is 39.9 Å². The van der Waals surface area contributed by atoms with Gasteiger partial charge in [-0.2, -0.15) is 0 Å². The van der Waals surface area contributed by atoms with Crippen molar-refractivity contribution in [3.05, 3.63) is 34.6 Å². The van der Waals surface area contributed by atoms with Crippen molar-refractivity contribution in [3.8, 4) is 0 Å². The maximum Gasteiger partial charge on any atom is 0.142 e. The summed E-state index contributed by atoms with van der Waals surface area (Å²) in [7, 11) is 0. The fourth-order valence-corrected chi connectivity index (χ4v) is 2.17. The SMILES string of the molecule is CC(C)C(CNC(C)(C)C)Cc1cccc(F)c1Cl. The molecule has 0 aromatic heterocycles. The molecule has 1 atom stereocenters. The number of hydrogen-bond acceptors (Lipinski definition) is 1. The quantitative estimate of drug-likeness (QED) is 0.828. The number of hydrogen-bond donors (Lipinski definition) is 1. The van der Waals surface area contributed by atoms with Crippen molar-refractivity contribution in [1.29, 1.82) is 0 Å². The fourth-order valence-electron chi connectivity index (χ4n) is 1.97. The lowest BCUT2D eigenvalue weighted by Gasteiger charge is -2.28. The Morgan fingerprint density at radius 2 is 1.89 bits per heavy atom. The van der Waals surface area contributed by atoms with Crippen molar-refractivity contribution >= 4 is 11.6 Å². The second kappa shape index (κ2) is 6.71. The summed E-state index contributed by atoms with van der Waals surface area (Å²) in [6.45, 7) is 11.8. The summed E-state index contributed by atoms with van der Waals surface area (Å²) in [4.78, 5) is 0. The van der Waals surface area contributed by atoms with Gasteiger partial charge in [0.05, 0.1) is 5.02 Å². The summed E-state index contributed by atoms with van der Waals surface area (Å²) >= 11 is 6.04. The molecule has 0 heterocycles. The first-order valence-corrected chi connectivity index (χ1v) is 7.26. The average molecular weight is 286 g/mol. The Bertz CT molecular complexity index is 410. The van der Waals surface area contributed by atoms with Crippen LogP contribution in [0.3, 0.4) is 0 Å². The molecule has 1 aromatic rings. The van der Waals surface area contributed by atoms with Gasteiger partial charge < -0.3 is 5.32 Å². The lowest BCUT2D eigenvalue weighted by Crippen LogP contribution is -2.40. The van der Waals surface area contributed by atoms with E-state index < -0.39 is 0 Å². The highest BCUT2D eigenvalue weighted by Crippen LogP contribution is 2.25. The number of halogens is 2. The van der Waals surface area contributed by atoms with Crippen LogP contribution in [0.2, 0.25) is 5.02 Å². The van der Waals surface area contributed by atoms with Crippen LogP contribution in [0, 0.1) is 17.7 Å². The van der Waals surface area contributed by atoms with Crippen LogP contribution in [0.5, 0.6) is 0 Å². The van der Waals surface area contributed by atoms with Crippen LogP contribution in [0.4, 0.5) is 4.39 Å². The molecule has 0 radical (unpaired) electrons. The summed E-state index contributed by atoms with van der Waals surface area (Å²) in [6.07, 6.45) is 0.803. The molecule has 0 aliphatic carbocycles. The van der Waals surface area contributed by atoms with E-state index in [1.807, 2.05) is 6.07 Å². The second-order valence-electron chi connectivity index (χ2n) is 6.55. The summed E-state index contributed by atoms with van der Waals surface area (Å²) in [6, 6.07) is 5.05.